The summed E-state index contributed by atoms with van der Waals surface area (Å²) < 4.78 is 11.3. The van der Waals surface area contributed by atoms with Crippen molar-refractivity contribution in [2.24, 2.45) is 0 Å². The van der Waals surface area contributed by atoms with Gasteiger partial charge in [-0.1, -0.05) is 30.3 Å². The molecule has 5 aromatic rings. The number of imidazole rings is 2. The summed E-state index contributed by atoms with van der Waals surface area (Å²) in [6, 6.07) is 18.9. The number of carbonyl (C=O) groups is 2. The van der Waals surface area contributed by atoms with Crippen molar-refractivity contribution in [1.82, 2.24) is 29.7 Å². The number of benzene rings is 2. The monoisotopic (exact) mass is 680 g/mol. The normalized spacial score (nSPS) is 18.4. The van der Waals surface area contributed by atoms with E-state index in [1.54, 1.807) is 21.1 Å². The smallest absolute Gasteiger partial charge is 0.410 e. The molecule has 0 unspecified atom stereocenters. The Hall–Kier alpha value is -4.64. The van der Waals surface area contributed by atoms with Gasteiger partial charge in [0, 0.05) is 22.8 Å². The molecule has 0 saturated carbocycles. The molecule has 2 N–H and O–H groups in total. The second-order valence-corrected chi connectivity index (χ2v) is 16.0. The van der Waals surface area contributed by atoms with Crippen LogP contribution in [0.4, 0.5) is 9.59 Å². The molecule has 2 amide bonds. The van der Waals surface area contributed by atoms with Crippen LogP contribution in [0.3, 0.4) is 0 Å². The molecule has 0 aliphatic carbocycles. The molecule has 256 valence electrons. The molecule has 7 rings (SSSR count). The van der Waals surface area contributed by atoms with Crippen molar-refractivity contribution >= 4 is 34.6 Å². The minimum absolute atomic E-state index is 0.116. The van der Waals surface area contributed by atoms with Gasteiger partial charge in [0.25, 0.3) is 0 Å². The summed E-state index contributed by atoms with van der Waals surface area (Å²) in [5.41, 5.74) is 4.97. The van der Waals surface area contributed by atoms with Crippen LogP contribution in [0.15, 0.2) is 60.8 Å². The van der Waals surface area contributed by atoms with Gasteiger partial charge in [0.15, 0.2) is 0 Å². The van der Waals surface area contributed by atoms with Crippen LogP contribution in [0.5, 0.6) is 0 Å². The third-order valence-electron chi connectivity index (χ3n) is 8.86. The molecular formula is C38H44N6O4S. The number of rotatable bonds is 5. The number of nitrogens with zero attached hydrogens (tertiary/aromatic N) is 4. The van der Waals surface area contributed by atoms with Crippen molar-refractivity contribution < 1.29 is 19.1 Å². The molecule has 3 aromatic heterocycles. The number of ether oxygens (including phenoxy) is 2. The number of hydrogen-bond donors (Lipinski definition) is 2. The maximum absolute atomic E-state index is 12.9. The van der Waals surface area contributed by atoms with E-state index < -0.39 is 11.2 Å². The van der Waals surface area contributed by atoms with E-state index in [1.807, 2.05) is 53.8 Å². The Labute approximate surface area is 290 Å². The lowest BCUT2D eigenvalue weighted by molar-refractivity contribution is 0.0208. The van der Waals surface area contributed by atoms with Crippen LogP contribution in [-0.2, 0) is 9.47 Å². The Kier molecular flexibility index (Phi) is 8.50. The fraction of sp³-hybridized carbons (Fsp3) is 0.421. The predicted molar refractivity (Wildman–Crippen MR) is 192 cm³/mol. The van der Waals surface area contributed by atoms with E-state index in [0.717, 1.165) is 75.6 Å². The van der Waals surface area contributed by atoms with Crippen LogP contribution in [-0.4, -0.2) is 66.2 Å². The lowest BCUT2D eigenvalue weighted by Gasteiger charge is -2.27. The van der Waals surface area contributed by atoms with Gasteiger partial charge in [0.1, 0.15) is 22.9 Å². The highest BCUT2D eigenvalue weighted by atomic mass is 32.1. The molecule has 2 fully saturated rings. The second kappa shape index (κ2) is 12.7. The van der Waals surface area contributed by atoms with Crippen LogP contribution in [0, 0.1) is 0 Å². The van der Waals surface area contributed by atoms with Gasteiger partial charge in [-0.05, 0) is 108 Å². The fourth-order valence-corrected chi connectivity index (χ4v) is 7.64. The Morgan fingerprint density at radius 3 is 1.90 bits per heavy atom. The van der Waals surface area contributed by atoms with E-state index in [0.29, 0.717) is 13.1 Å². The van der Waals surface area contributed by atoms with Gasteiger partial charge in [0.05, 0.1) is 35.0 Å². The summed E-state index contributed by atoms with van der Waals surface area (Å²) in [7, 11) is 0. The number of carbonyl (C=O) groups excluding carboxylic acids is 2. The first-order valence-corrected chi connectivity index (χ1v) is 17.9. The van der Waals surface area contributed by atoms with E-state index >= 15 is 0 Å². The predicted octanol–water partition coefficient (Wildman–Crippen LogP) is 9.49. The lowest BCUT2D eigenvalue weighted by Crippen LogP contribution is -2.36. The highest BCUT2D eigenvalue weighted by Gasteiger charge is 2.36. The van der Waals surface area contributed by atoms with Gasteiger partial charge in [0.2, 0.25) is 0 Å². The first kappa shape index (κ1) is 32.9. The molecule has 10 nitrogen and oxygen atoms in total. The molecule has 11 heteroatoms. The number of likely N-dealkylation sites (tertiary alicyclic amines) is 2. The average Bonchev–Trinajstić information content (AvgIpc) is 3.87. The summed E-state index contributed by atoms with van der Waals surface area (Å²) in [6.45, 7) is 12.7. The summed E-state index contributed by atoms with van der Waals surface area (Å²) in [6.07, 6.45) is 4.81. The van der Waals surface area contributed by atoms with Crippen LogP contribution in [0.2, 0.25) is 0 Å². The standard InChI is InChI=1S/C38H44N6O4S/c1-37(2,3)47-35(45)43-19-7-9-29(43)33-39-22-28(42-33)23-11-13-24(14-12-23)31-17-18-32(49-31)25-15-16-26-27(21-25)41-34(40-26)30-10-8-20-44(30)36(46)48-38(4,5)6/h11-18,21-22,29-30H,7-10,19-20H2,1-6H3,(H,39,42)(H,40,41)/t29-,30-/m0/s1. The minimum Gasteiger partial charge on any atom is -0.444 e. The van der Waals surface area contributed by atoms with Gasteiger partial charge in [-0.25, -0.2) is 19.6 Å². The summed E-state index contributed by atoms with van der Waals surface area (Å²) in [4.78, 5) is 48.1. The van der Waals surface area contributed by atoms with Crippen LogP contribution in [0.25, 0.3) is 43.2 Å². The SMILES string of the molecule is CC(C)(C)OC(=O)N1CCC[C@H]1c1ncc(-c2ccc(-c3ccc(-c4ccc5nc([C@@H]6CCCN6C(=O)OC(C)(C)C)[nH]c5c4)s3)cc2)[nH]1. The van der Waals surface area contributed by atoms with Gasteiger partial charge in [-0.3, -0.25) is 9.80 Å². The molecule has 2 saturated heterocycles. The molecule has 2 aliphatic heterocycles. The maximum Gasteiger partial charge on any atom is 0.410 e. The maximum atomic E-state index is 12.9. The number of thiophene rings is 1. The average molecular weight is 681 g/mol. The van der Waals surface area contributed by atoms with Gasteiger partial charge in [-0.15, -0.1) is 11.3 Å². The number of nitrogens with one attached hydrogen (secondary N) is 2. The minimum atomic E-state index is -0.540. The van der Waals surface area contributed by atoms with Gasteiger partial charge >= 0.3 is 12.2 Å². The number of aromatic amines is 2. The second-order valence-electron chi connectivity index (χ2n) is 14.9. The Morgan fingerprint density at radius 1 is 0.735 bits per heavy atom. The summed E-state index contributed by atoms with van der Waals surface area (Å²) >= 11 is 1.75. The van der Waals surface area contributed by atoms with E-state index in [4.69, 9.17) is 14.5 Å². The van der Waals surface area contributed by atoms with Crippen LogP contribution < -0.4 is 0 Å². The van der Waals surface area contributed by atoms with Crippen molar-refractivity contribution in [2.45, 2.75) is 90.5 Å². The highest BCUT2D eigenvalue weighted by molar-refractivity contribution is 7.18. The zero-order chi connectivity index (χ0) is 34.5. The van der Waals surface area contributed by atoms with Crippen LogP contribution >= 0.6 is 11.3 Å². The zero-order valence-electron chi connectivity index (χ0n) is 29.0. The van der Waals surface area contributed by atoms with E-state index in [9.17, 15) is 9.59 Å². The number of amides is 2. The Balaban J connectivity index is 1.04. The molecule has 2 aliphatic rings. The van der Waals surface area contributed by atoms with Crippen molar-refractivity contribution in [3.8, 4) is 32.1 Å². The lowest BCUT2D eigenvalue weighted by atomic mass is 10.1. The van der Waals surface area contributed by atoms with Gasteiger partial charge < -0.3 is 19.4 Å². The highest BCUT2D eigenvalue weighted by Crippen LogP contribution is 2.38. The van der Waals surface area contributed by atoms with Gasteiger partial charge in [-0.2, -0.15) is 0 Å². The van der Waals surface area contributed by atoms with Crippen molar-refractivity contribution in [3.05, 3.63) is 72.4 Å². The van der Waals surface area contributed by atoms with Crippen LogP contribution in [0.1, 0.15) is 91.0 Å². The topological polar surface area (TPSA) is 116 Å². The summed E-state index contributed by atoms with van der Waals surface area (Å²) in [5.74, 6) is 1.59. The largest absolute Gasteiger partial charge is 0.444 e. The number of H-pyrrole nitrogens is 2. The Morgan fingerprint density at radius 2 is 1.29 bits per heavy atom. The third-order valence-corrected chi connectivity index (χ3v) is 10.0. The molecule has 0 radical (unpaired) electrons. The Bertz CT molecular complexity index is 1980. The quantitative estimate of drug-likeness (QED) is 0.191. The molecular weight excluding hydrogens is 637 g/mol. The van der Waals surface area contributed by atoms with Crippen molar-refractivity contribution in [2.75, 3.05) is 13.1 Å². The molecule has 5 heterocycles. The first-order valence-electron chi connectivity index (χ1n) is 17.1. The molecule has 2 aromatic carbocycles. The molecule has 49 heavy (non-hydrogen) atoms. The number of fused-ring (bicyclic) bond motifs is 1. The first-order chi connectivity index (χ1) is 23.3. The van der Waals surface area contributed by atoms with E-state index in [2.05, 4.69) is 63.5 Å². The molecule has 0 spiro atoms. The number of hydrogen-bond acceptors (Lipinski definition) is 7. The van der Waals surface area contributed by atoms with Crippen molar-refractivity contribution in [1.29, 1.82) is 0 Å². The fourth-order valence-electron chi connectivity index (χ4n) is 6.64. The summed E-state index contributed by atoms with van der Waals surface area (Å²) in [5, 5.41) is 0. The molecule has 2 atom stereocenters. The van der Waals surface area contributed by atoms with E-state index in [-0.39, 0.29) is 24.3 Å². The molecule has 0 bridgehead atoms. The third kappa shape index (κ3) is 7.08. The van der Waals surface area contributed by atoms with E-state index in [1.165, 1.54) is 4.88 Å². The van der Waals surface area contributed by atoms with Crippen molar-refractivity contribution in [3.63, 3.8) is 0 Å². The zero-order valence-corrected chi connectivity index (χ0v) is 29.8. The number of aromatic nitrogens is 4.